The Morgan fingerprint density at radius 2 is 2.12 bits per heavy atom. The molecule has 2 aromatic rings. The third kappa shape index (κ3) is 4.09. The molecule has 2 heterocycles. The number of piperidine rings is 1. The molecule has 0 radical (unpaired) electrons. The number of nitrogens with zero attached hydrogens (tertiary/aromatic N) is 1. The van der Waals surface area contributed by atoms with Crippen LogP contribution in [0.5, 0.6) is 5.75 Å². The number of carbonyl (C=O) groups is 2. The third-order valence-electron chi connectivity index (χ3n) is 4.99. The number of hydrogen-bond acceptors (Lipinski definition) is 3. The molecule has 3 N–H and O–H groups in total. The van der Waals surface area contributed by atoms with Crippen molar-refractivity contribution in [1.29, 1.82) is 0 Å². The summed E-state index contributed by atoms with van der Waals surface area (Å²) in [6, 6.07) is 5.93. The van der Waals surface area contributed by atoms with Gasteiger partial charge in [-0.3, -0.25) is 4.79 Å². The fourth-order valence-electron chi connectivity index (χ4n) is 3.53. The highest BCUT2D eigenvalue weighted by Crippen LogP contribution is 2.34. The summed E-state index contributed by atoms with van der Waals surface area (Å²) in [6.45, 7) is 1.80. The van der Waals surface area contributed by atoms with Crippen molar-refractivity contribution in [2.75, 3.05) is 26.7 Å². The molecule has 1 aliphatic rings. The van der Waals surface area contributed by atoms with Crippen LogP contribution in [0.4, 0.5) is 4.79 Å². The maximum Gasteiger partial charge on any atom is 0.317 e. The zero-order valence-corrected chi connectivity index (χ0v) is 15.0. The van der Waals surface area contributed by atoms with Gasteiger partial charge in [0.15, 0.2) is 0 Å². The summed E-state index contributed by atoms with van der Waals surface area (Å²) >= 11 is 0. The number of carbonyl (C=O) groups excluding carboxylic acids is 1. The summed E-state index contributed by atoms with van der Waals surface area (Å²) in [5, 5.41) is 12.6. The lowest BCUT2D eigenvalue weighted by Crippen LogP contribution is -2.44. The Kier molecular flexibility index (Phi) is 5.65. The smallest absolute Gasteiger partial charge is 0.317 e. The van der Waals surface area contributed by atoms with Gasteiger partial charge in [0, 0.05) is 43.2 Å². The molecule has 3 rings (SSSR count). The van der Waals surface area contributed by atoms with Crippen molar-refractivity contribution in [3.05, 3.63) is 30.0 Å². The minimum atomic E-state index is -0.838. The molecule has 7 heteroatoms. The molecule has 26 heavy (non-hydrogen) atoms. The number of urea groups is 1. The van der Waals surface area contributed by atoms with Gasteiger partial charge in [0.1, 0.15) is 5.75 Å². The van der Waals surface area contributed by atoms with Crippen LogP contribution < -0.4 is 10.1 Å². The van der Waals surface area contributed by atoms with Crippen molar-refractivity contribution < 1.29 is 19.4 Å². The minimum Gasteiger partial charge on any atom is -0.497 e. The molecule has 1 aromatic heterocycles. The third-order valence-corrected chi connectivity index (χ3v) is 4.99. The minimum absolute atomic E-state index is 0.0758. The molecular weight excluding hydrogens is 334 g/mol. The SMILES string of the molecule is COc1ccc2[nH]cc(C3CCN(C(=O)NCCCC(=O)O)CC3)c2c1. The predicted octanol–water partition coefficient (Wildman–Crippen LogP) is 2.93. The van der Waals surface area contributed by atoms with Crippen molar-refractivity contribution in [1.82, 2.24) is 15.2 Å². The number of aliphatic carboxylic acids is 1. The number of ether oxygens (including phenoxy) is 1. The molecule has 2 amide bonds. The molecule has 0 atom stereocenters. The van der Waals surface area contributed by atoms with Gasteiger partial charge in [-0.25, -0.2) is 4.79 Å². The second-order valence-electron chi connectivity index (χ2n) is 6.65. The highest BCUT2D eigenvalue weighted by molar-refractivity contribution is 5.85. The number of aromatic amines is 1. The van der Waals surface area contributed by atoms with E-state index in [0.717, 1.165) is 24.1 Å². The van der Waals surface area contributed by atoms with Gasteiger partial charge in [-0.05, 0) is 48.9 Å². The van der Waals surface area contributed by atoms with Crippen LogP contribution in [0.2, 0.25) is 0 Å². The normalized spacial score (nSPS) is 15.2. The molecule has 140 valence electrons. The molecular formula is C19H25N3O4. The summed E-state index contributed by atoms with van der Waals surface area (Å²) in [6.07, 6.45) is 4.41. The first-order chi connectivity index (χ1) is 12.6. The van der Waals surface area contributed by atoms with E-state index in [2.05, 4.69) is 22.6 Å². The molecule has 0 bridgehead atoms. The summed E-state index contributed by atoms with van der Waals surface area (Å²) in [7, 11) is 1.67. The van der Waals surface area contributed by atoms with E-state index in [1.165, 1.54) is 10.9 Å². The van der Waals surface area contributed by atoms with Crippen LogP contribution in [0.15, 0.2) is 24.4 Å². The fraction of sp³-hybridized carbons (Fsp3) is 0.474. The number of benzene rings is 1. The average Bonchev–Trinajstić information content (AvgIpc) is 3.08. The number of likely N-dealkylation sites (tertiary alicyclic amines) is 1. The van der Waals surface area contributed by atoms with Crippen LogP contribution in [0.1, 0.15) is 37.2 Å². The van der Waals surface area contributed by atoms with E-state index in [9.17, 15) is 9.59 Å². The van der Waals surface area contributed by atoms with Crippen molar-refractivity contribution in [2.24, 2.45) is 0 Å². The van der Waals surface area contributed by atoms with Gasteiger partial charge in [0.2, 0.25) is 0 Å². The van der Waals surface area contributed by atoms with Crippen LogP contribution in [-0.2, 0) is 4.79 Å². The quantitative estimate of drug-likeness (QED) is 0.691. The van der Waals surface area contributed by atoms with Crippen LogP contribution in [-0.4, -0.2) is 53.7 Å². The molecule has 1 aliphatic heterocycles. The molecule has 1 saturated heterocycles. The van der Waals surface area contributed by atoms with Gasteiger partial charge in [0.25, 0.3) is 0 Å². The van der Waals surface area contributed by atoms with E-state index in [1.54, 1.807) is 7.11 Å². The number of methoxy groups -OCH3 is 1. The number of fused-ring (bicyclic) bond motifs is 1. The number of amides is 2. The first-order valence-electron chi connectivity index (χ1n) is 8.98. The van der Waals surface area contributed by atoms with E-state index >= 15 is 0 Å². The fourth-order valence-corrected chi connectivity index (χ4v) is 3.53. The van der Waals surface area contributed by atoms with Crippen molar-refractivity contribution in [3.8, 4) is 5.75 Å². The Morgan fingerprint density at radius 1 is 1.35 bits per heavy atom. The maximum atomic E-state index is 12.2. The second kappa shape index (κ2) is 8.12. The number of rotatable bonds is 6. The van der Waals surface area contributed by atoms with Crippen molar-refractivity contribution in [3.63, 3.8) is 0 Å². The van der Waals surface area contributed by atoms with Crippen LogP contribution >= 0.6 is 0 Å². The monoisotopic (exact) mass is 359 g/mol. The maximum absolute atomic E-state index is 12.2. The number of aromatic nitrogens is 1. The summed E-state index contributed by atoms with van der Waals surface area (Å²) in [4.78, 5) is 27.8. The zero-order chi connectivity index (χ0) is 18.5. The van der Waals surface area contributed by atoms with E-state index < -0.39 is 5.97 Å². The standard InChI is InChI=1S/C19H25N3O4/c1-26-14-4-5-17-15(11-14)16(12-21-17)13-6-9-22(10-7-13)19(25)20-8-2-3-18(23)24/h4-5,11-13,21H,2-3,6-10H2,1H3,(H,20,25)(H,23,24). The van der Waals surface area contributed by atoms with Gasteiger partial charge >= 0.3 is 12.0 Å². The Labute approximate surface area is 152 Å². The largest absolute Gasteiger partial charge is 0.497 e. The summed E-state index contributed by atoms with van der Waals surface area (Å²) in [5.41, 5.74) is 2.37. The zero-order valence-electron chi connectivity index (χ0n) is 15.0. The van der Waals surface area contributed by atoms with Gasteiger partial charge in [-0.1, -0.05) is 0 Å². The van der Waals surface area contributed by atoms with Crippen LogP contribution in [0.3, 0.4) is 0 Å². The molecule has 1 aromatic carbocycles. The van der Waals surface area contributed by atoms with Crippen LogP contribution in [0, 0.1) is 0 Å². The number of carboxylic acid groups (broad SMARTS) is 1. The van der Waals surface area contributed by atoms with Crippen LogP contribution in [0.25, 0.3) is 10.9 Å². The van der Waals surface area contributed by atoms with E-state index in [-0.39, 0.29) is 12.5 Å². The molecule has 0 aliphatic carbocycles. The molecule has 1 fully saturated rings. The van der Waals surface area contributed by atoms with E-state index in [4.69, 9.17) is 9.84 Å². The van der Waals surface area contributed by atoms with Gasteiger partial charge in [0.05, 0.1) is 7.11 Å². The first-order valence-corrected chi connectivity index (χ1v) is 8.98. The van der Waals surface area contributed by atoms with Crippen molar-refractivity contribution >= 4 is 22.9 Å². The summed E-state index contributed by atoms with van der Waals surface area (Å²) in [5.74, 6) is 0.416. The number of nitrogens with one attached hydrogen (secondary N) is 2. The summed E-state index contributed by atoms with van der Waals surface area (Å²) < 4.78 is 5.33. The van der Waals surface area contributed by atoms with E-state index in [0.29, 0.717) is 32.0 Å². The van der Waals surface area contributed by atoms with Gasteiger partial charge < -0.3 is 25.0 Å². The topological polar surface area (TPSA) is 94.7 Å². The van der Waals surface area contributed by atoms with Gasteiger partial charge in [-0.15, -0.1) is 0 Å². The highest BCUT2D eigenvalue weighted by atomic mass is 16.5. The Hall–Kier alpha value is -2.70. The Morgan fingerprint density at radius 3 is 2.81 bits per heavy atom. The molecule has 7 nitrogen and oxygen atoms in total. The Balaban J connectivity index is 1.55. The second-order valence-corrected chi connectivity index (χ2v) is 6.65. The lowest BCUT2D eigenvalue weighted by Gasteiger charge is -2.32. The molecule has 0 spiro atoms. The number of H-pyrrole nitrogens is 1. The first kappa shape index (κ1) is 18.1. The van der Waals surface area contributed by atoms with Crippen molar-refractivity contribution in [2.45, 2.75) is 31.6 Å². The highest BCUT2D eigenvalue weighted by Gasteiger charge is 2.25. The average molecular weight is 359 g/mol. The Bertz CT molecular complexity index is 778. The number of carboxylic acids is 1. The molecule has 0 unspecified atom stereocenters. The predicted molar refractivity (Wildman–Crippen MR) is 98.7 cm³/mol. The lowest BCUT2D eigenvalue weighted by molar-refractivity contribution is -0.137. The molecule has 0 saturated carbocycles. The van der Waals surface area contributed by atoms with Gasteiger partial charge in [-0.2, -0.15) is 0 Å². The van der Waals surface area contributed by atoms with E-state index in [1.807, 2.05) is 17.0 Å². The number of hydrogen-bond donors (Lipinski definition) is 3. The lowest BCUT2D eigenvalue weighted by atomic mass is 9.89.